The van der Waals surface area contributed by atoms with E-state index in [0.29, 0.717) is 15.6 Å². The number of hydrogen-bond acceptors (Lipinski definition) is 4. The zero-order valence-electron chi connectivity index (χ0n) is 8.19. The molecule has 3 nitrogen and oxygen atoms in total. The lowest BCUT2D eigenvalue weighted by atomic mass is 10.1. The molecular formula is C10H6FNO2S2. The number of thiophene rings is 1. The molecule has 0 bridgehead atoms. The van der Waals surface area contributed by atoms with E-state index in [-0.39, 0.29) is 4.88 Å². The topological polar surface area (TPSA) is 57.9 Å². The van der Waals surface area contributed by atoms with Gasteiger partial charge >= 0.3 is 10.2 Å². The summed E-state index contributed by atoms with van der Waals surface area (Å²) >= 11 is 0.985. The van der Waals surface area contributed by atoms with Crippen molar-refractivity contribution in [1.82, 2.24) is 0 Å². The Bertz CT molecular complexity index is 710. The Morgan fingerprint density at radius 1 is 1.44 bits per heavy atom. The zero-order valence-corrected chi connectivity index (χ0v) is 9.82. The second-order valence-electron chi connectivity index (χ2n) is 3.26. The summed E-state index contributed by atoms with van der Waals surface area (Å²) in [5.41, 5.74) is 0.645. The average molecular weight is 255 g/mol. The number of nitrogens with zero attached hydrogens (tertiary/aromatic N) is 1. The minimum Gasteiger partial charge on any atom is -0.191 e. The van der Waals surface area contributed by atoms with E-state index >= 15 is 0 Å². The highest BCUT2D eigenvalue weighted by atomic mass is 32.3. The van der Waals surface area contributed by atoms with Gasteiger partial charge in [0.15, 0.2) is 0 Å². The van der Waals surface area contributed by atoms with Gasteiger partial charge in [-0.3, -0.25) is 0 Å². The molecular weight excluding hydrogens is 249 g/mol. The first kappa shape index (κ1) is 11.0. The van der Waals surface area contributed by atoms with E-state index in [2.05, 4.69) is 0 Å². The van der Waals surface area contributed by atoms with E-state index in [9.17, 15) is 12.3 Å². The summed E-state index contributed by atoms with van der Waals surface area (Å²) in [6, 6.07) is 6.81. The molecule has 82 valence electrons. The molecule has 1 aromatic carbocycles. The number of hydrogen-bond donors (Lipinski definition) is 0. The summed E-state index contributed by atoms with van der Waals surface area (Å²) in [7, 11) is -4.86. The maximum atomic E-state index is 13.1. The fraction of sp³-hybridized carbons (Fsp3) is 0.100. The molecule has 0 aliphatic carbocycles. The number of benzene rings is 1. The summed E-state index contributed by atoms with van der Waals surface area (Å²) in [4.78, 5) is -0.597. The van der Waals surface area contributed by atoms with Gasteiger partial charge in [-0.05, 0) is 18.6 Å². The van der Waals surface area contributed by atoms with Gasteiger partial charge in [0, 0.05) is 10.1 Å². The molecule has 0 spiro atoms. The quantitative estimate of drug-likeness (QED) is 0.736. The van der Waals surface area contributed by atoms with Gasteiger partial charge in [-0.1, -0.05) is 12.1 Å². The van der Waals surface area contributed by atoms with Crippen molar-refractivity contribution in [1.29, 1.82) is 5.26 Å². The van der Waals surface area contributed by atoms with Crippen LogP contribution in [-0.4, -0.2) is 8.42 Å². The average Bonchev–Trinajstić information content (AvgIpc) is 2.57. The number of fused-ring (bicyclic) bond motifs is 1. The Labute approximate surface area is 96.0 Å². The van der Waals surface area contributed by atoms with Crippen LogP contribution in [0.5, 0.6) is 0 Å². The molecule has 0 amide bonds. The summed E-state index contributed by atoms with van der Waals surface area (Å²) < 4.78 is 35.8. The molecule has 0 aliphatic rings. The fourth-order valence-corrected chi connectivity index (χ4v) is 3.84. The minimum atomic E-state index is -4.86. The van der Waals surface area contributed by atoms with E-state index in [0.717, 1.165) is 11.3 Å². The SMILES string of the molecule is Cc1cccc2sc(C#N)c(S(=O)(=O)F)c12. The molecule has 0 aliphatic heterocycles. The van der Waals surface area contributed by atoms with E-state index in [1.54, 1.807) is 31.2 Å². The van der Waals surface area contributed by atoms with Crippen LogP contribution in [0.1, 0.15) is 10.4 Å². The van der Waals surface area contributed by atoms with Crippen LogP contribution >= 0.6 is 11.3 Å². The lowest BCUT2D eigenvalue weighted by molar-refractivity contribution is 0.553. The molecule has 1 aromatic heterocycles. The lowest BCUT2D eigenvalue weighted by Crippen LogP contribution is -1.93. The van der Waals surface area contributed by atoms with Crippen molar-refractivity contribution in [3.8, 4) is 6.07 Å². The third-order valence-electron chi connectivity index (χ3n) is 2.23. The van der Waals surface area contributed by atoms with Crippen LogP contribution in [0.25, 0.3) is 10.1 Å². The van der Waals surface area contributed by atoms with Gasteiger partial charge in [-0.25, -0.2) is 0 Å². The van der Waals surface area contributed by atoms with E-state index in [1.807, 2.05) is 0 Å². The van der Waals surface area contributed by atoms with Crippen LogP contribution in [0.15, 0.2) is 23.1 Å². The second-order valence-corrected chi connectivity index (χ2v) is 5.59. The van der Waals surface area contributed by atoms with E-state index < -0.39 is 15.1 Å². The van der Waals surface area contributed by atoms with Crippen molar-refractivity contribution in [2.45, 2.75) is 11.8 Å². The number of halogens is 1. The molecule has 0 radical (unpaired) electrons. The molecule has 0 N–H and O–H groups in total. The number of rotatable bonds is 1. The van der Waals surface area contributed by atoms with Crippen LogP contribution < -0.4 is 0 Å². The minimum absolute atomic E-state index is 0.105. The molecule has 2 aromatic rings. The van der Waals surface area contributed by atoms with Crippen LogP contribution in [0.4, 0.5) is 3.89 Å². The lowest BCUT2D eigenvalue weighted by Gasteiger charge is -1.97. The Morgan fingerprint density at radius 3 is 2.69 bits per heavy atom. The van der Waals surface area contributed by atoms with Crippen LogP contribution in [-0.2, 0) is 10.2 Å². The van der Waals surface area contributed by atoms with E-state index in [4.69, 9.17) is 5.26 Å². The molecule has 0 atom stereocenters. The Morgan fingerprint density at radius 2 is 2.12 bits per heavy atom. The van der Waals surface area contributed by atoms with Gasteiger partial charge in [0.2, 0.25) is 0 Å². The maximum absolute atomic E-state index is 13.1. The van der Waals surface area contributed by atoms with Crippen LogP contribution in [0.2, 0.25) is 0 Å². The Hall–Kier alpha value is -1.45. The summed E-state index contributed by atoms with van der Waals surface area (Å²) in [5, 5.41) is 9.11. The zero-order chi connectivity index (χ0) is 11.9. The summed E-state index contributed by atoms with van der Waals surface area (Å²) in [5.74, 6) is 0. The van der Waals surface area contributed by atoms with Crippen molar-refractivity contribution in [2.75, 3.05) is 0 Å². The predicted molar refractivity (Wildman–Crippen MR) is 59.6 cm³/mol. The van der Waals surface area contributed by atoms with Crippen molar-refractivity contribution < 1.29 is 12.3 Å². The van der Waals surface area contributed by atoms with Gasteiger partial charge in [0.1, 0.15) is 15.8 Å². The first-order chi connectivity index (χ1) is 7.45. The Kier molecular flexibility index (Phi) is 2.45. The van der Waals surface area contributed by atoms with Crippen molar-refractivity contribution in [3.63, 3.8) is 0 Å². The molecule has 0 saturated heterocycles. The molecule has 0 unspecified atom stereocenters. The standard InChI is InChI=1S/C10H6FNO2S2/c1-6-3-2-4-7-9(6)10(16(11,13)14)8(5-12)15-7/h2-4H,1H3. The summed E-state index contributed by atoms with van der Waals surface area (Å²) in [6.07, 6.45) is 0. The predicted octanol–water partition coefficient (Wildman–Crippen LogP) is 2.74. The number of aryl methyl sites for hydroxylation is 1. The first-order valence-electron chi connectivity index (χ1n) is 4.32. The largest absolute Gasteiger partial charge is 0.334 e. The van der Waals surface area contributed by atoms with Crippen LogP contribution in [0.3, 0.4) is 0 Å². The third-order valence-corrected chi connectivity index (χ3v) is 4.31. The molecule has 16 heavy (non-hydrogen) atoms. The highest BCUT2D eigenvalue weighted by Gasteiger charge is 2.25. The van der Waals surface area contributed by atoms with Gasteiger partial charge in [-0.15, -0.1) is 15.2 Å². The van der Waals surface area contributed by atoms with E-state index in [1.165, 1.54) is 0 Å². The van der Waals surface area contributed by atoms with Crippen molar-refractivity contribution >= 4 is 31.6 Å². The third kappa shape index (κ3) is 1.58. The van der Waals surface area contributed by atoms with Gasteiger partial charge in [0.05, 0.1) is 0 Å². The highest BCUT2D eigenvalue weighted by molar-refractivity contribution is 7.87. The smallest absolute Gasteiger partial charge is 0.191 e. The molecule has 0 fully saturated rings. The molecule has 0 saturated carbocycles. The normalized spacial score (nSPS) is 11.6. The van der Waals surface area contributed by atoms with Crippen molar-refractivity contribution in [2.24, 2.45) is 0 Å². The Balaban J connectivity index is 3.06. The molecule has 6 heteroatoms. The van der Waals surface area contributed by atoms with Crippen LogP contribution in [0, 0.1) is 18.3 Å². The first-order valence-corrected chi connectivity index (χ1v) is 6.52. The van der Waals surface area contributed by atoms with Gasteiger partial charge in [-0.2, -0.15) is 13.7 Å². The number of nitriles is 1. The van der Waals surface area contributed by atoms with Crippen molar-refractivity contribution in [3.05, 3.63) is 28.6 Å². The van der Waals surface area contributed by atoms with Gasteiger partial charge in [0.25, 0.3) is 0 Å². The molecule has 1 heterocycles. The molecule has 2 rings (SSSR count). The monoisotopic (exact) mass is 255 g/mol. The second kappa shape index (κ2) is 3.54. The highest BCUT2D eigenvalue weighted by Crippen LogP contribution is 2.36. The maximum Gasteiger partial charge on any atom is 0.334 e. The van der Waals surface area contributed by atoms with Gasteiger partial charge < -0.3 is 0 Å². The summed E-state index contributed by atoms with van der Waals surface area (Å²) in [6.45, 7) is 1.69. The fourth-order valence-electron chi connectivity index (χ4n) is 1.59.